The summed E-state index contributed by atoms with van der Waals surface area (Å²) in [5.74, 6) is 0.165. The van der Waals surface area contributed by atoms with Crippen molar-refractivity contribution in [3.05, 3.63) is 65.7 Å². The average Bonchev–Trinajstić information content (AvgIpc) is 2.70. The fourth-order valence-corrected chi connectivity index (χ4v) is 5.34. The van der Waals surface area contributed by atoms with Crippen LogP contribution in [0.3, 0.4) is 0 Å². The molecule has 2 aliphatic rings. The molecule has 0 atom stereocenters. The van der Waals surface area contributed by atoms with Crippen LogP contribution in [0.25, 0.3) is 10.8 Å². The molecule has 2 aliphatic heterocycles. The summed E-state index contributed by atoms with van der Waals surface area (Å²) < 4.78 is 28.7. The minimum Gasteiger partial charge on any atom is -0.312 e. The van der Waals surface area contributed by atoms with Crippen LogP contribution in [0, 0.1) is 0 Å². The van der Waals surface area contributed by atoms with Gasteiger partial charge in [0.1, 0.15) is 0 Å². The van der Waals surface area contributed by atoms with E-state index >= 15 is 0 Å². The number of anilines is 2. The number of hydrogen-bond donors (Lipinski definition) is 1. The van der Waals surface area contributed by atoms with E-state index in [9.17, 15) is 13.2 Å². The molecule has 3 aromatic carbocycles. The number of hydrogen-bond acceptors (Lipinski definition) is 3. The highest BCUT2D eigenvalue weighted by molar-refractivity contribution is 7.92. The molecule has 6 heteroatoms. The van der Waals surface area contributed by atoms with Crippen molar-refractivity contribution in [2.24, 2.45) is 0 Å². The first-order chi connectivity index (χ1) is 13.5. The summed E-state index contributed by atoms with van der Waals surface area (Å²) >= 11 is 0. The zero-order valence-corrected chi connectivity index (χ0v) is 16.1. The van der Waals surface area contributed by atoms with Gasteiger partial charge in [0.25, 0.3) is 10.0 Å². The van der Waals surface area contributed by atoms with Crippen molar-refractivity contribution in [3.63, 3.8) is 0 Å². The van der Waals surface area contributed by atoms with Crippen LogP contribution in [-0.4, -0.2) is 20.9 Å². The van der Waals surface area contributed by atoms with Crippen molar-refractivity contribution < 1.29 is 13.2 Å². The van der Waals surface area contributed by atoms with Crippen molar-refractivity contribution in [2.75, 3.05) is 16.2 Å². The second-order valence-corrected chi connectivity index (χ2v) is 9.09. The zero-order chi connectivity index (χ0) is 19.3. The summed E-state index contributed by atoms with van der Waals surface area (Å²) in [7, 11) is -3.69. The molecule has 0 aromatic heterocycles. The molecular weight excluding hydrogens is 372 g/mol. The van der Waals surface area contributed by atoms with Gasteiger partial charge in [-0.2, -0.15) is 0 Å². The number of fused-ring (bicyclic) bond motifs is 1. The van der Waals surface area contributed by atoms with Crippen molar-refractivity contribution in [1.29, 1.82) is 0 Å². The van der Waals surface area contributed by atoms with Gasteiger partial charge in [-0.05, 0) is 65.4 Å². The lowest BCUT2D eigenvalue weighted by Gasteiger charge is -2.35. The standard InChI is InChI=1S/C22H20N2O3S/c25-21-10-8-18-13-19(12-17-6-3-11-24(21)22(17)18)23-28(26,27)20-9-7-15-4-1-2-5-16(15)14-20/h1-2,4-5,7,9,12-14,23H,3,6,8,10-11H2. The second kappa shape index (κ2) is 6.34. The van der Waals surface area contributed by atoms with Gasteiger partial charge in [-0.15, -0.1) is 0 Å². The summed E-state index contributed by atoms with van der Waals surface area (Å²) in [6.45, 7) is 0.751. The molecular formula is C22H20N2O3S. The van der Waals surface area contributed by atoms with Crippen LogP contribution >= 0.6 is 0 Å². The number of carbonyl (C=O) groups is 1. The Hall–Kier alpha value is -2.86. The summed E-state index contributed by atoms with van der Waals surface area (Å²) in [4.78, 5) is 14.3. The van der Waals surface area contributed by atoms with Gasteiger partial charge in [0.2, 0.25) is 5.91 Å². The molecule has 0 unspecified atom stereocenters. The maximum absolute atomic E-state index is 13.0. The summed E-state index contributed by atoms with van der Waals surface area (Å²) in [6.07, 6.45) is 2.90. The normalized spacial score (nSPS) is 16.1. The van der Waals surface area contributed by atoms with Crippen molar-refractivity contribution in [3.8, 4) is 0 Å². The molecule has 0 saturated heterocycles. The lowest BCUT2D eigenvalue weighted by atomic mass is 9.91. The Labute approximate surface area is 164 Å². The molecule has 0 fully saturated rings. The predicted molar refractivity (Wildman–Crippen MR) is 110 cm³/mol. The Morgan fingerprint density at radius 1 is 0.857 bits per heavy atom. The molecule has 0 aliphatic carbocycles. The first kappa shape index (κ1) is 17.3. The Bertz CT molecular complexity index is 1200. The van der Waals surface area contributed by atoms with Crippen LogP contribution in [0.5, 0.6) is 0 Å². The van der Waals surface area contributed by atoms with Gasteiger partial charge in [-0.1, -0.05) is 30.3 Å². The summed E-state index contributed by atoms with van der Waals surface area (Å²) in [5, 5.41) is 1.89. The smallest absolute Gasteiger partial charge is 0.261 e. The lowest BCUT2D eigenvalue weighted by Crippen LogP contribution is -2.39. The molecule has 28 heavy (non-hydrogen) atoms. The van der Waals surface area contributed by atoms with E-state index in [4.69, 9.17) is 0 Å². The number of rotatable bonds is 3. The zero-order valence-electron chi connectivity index (χ0n) is 15.3. The fourth-order valence-electron chi connectivity index (χ4n) is 4.26. The van der Waals surface area contributed by atoms with E-state index in [1.54, 1.807) is 12.1 Å². The third-order valence-corrected chi connectivity index (χ3v) is 6.94. The molecule has 0 radical (unpaired) electrons. The largest absolute Gasteiger partial charge is 0.312 e. The van der Waals surface area contributed by atoms with E-state index in [2.05, 4.69) is 4.72 Å². The topological polar surface area (TPSA) is 66.5 Å². The minimum absolute atomic E-state index is 0.165. The first-order valence-corrected chi connectivity index (χ1v) is 11.0. The van der Waals surface area contributed by atoms with Crippen molar-refractivity contribution >= 4 is 38.1 Å². The molecule has 0 bridgehead atoms. The maximum Gasteiger partial charge on any atom is 0.261 e. The van der Waals surface area contributed by atoms with E-state index < -0.39 is 10.0 Å². The highest BCUT2D eigenvalue weighted by Crippen LogP contribution is 2.38. The predicted octanol–water partition coefficient (Wildman–Crippen LogP) is 3.87. The van der Waals surface area contributed by atoms with Gasteiger partial charge in [-0.3, -0.25) is 9.52 Å². The summed E-state index contributed by atoms with van der Waals surface area (Å²) in [6, 6.07) is 16.6. The molecule has 3 aromatic rings. The number of aryl methyl sites for hydroxylation is 2. The van der Waals surface area contributed by atoms with Crippen molar-refractivity contribution in [1.82, 2.24) is 0 Å². The van der Waals surface area contributed by atoms with Crippen LogP contribution < -0.4 is 9.62 Å². The lowest BCUT2D eigenvalue weighted by molar-refractivity contribution is -0.119. The number of amides is 1. The monoisotopic (exact) mass is 392 g/mol. The van der Waals surface area contributed by atoms with Gasteiger partial charge in [0.15, 0.2) is 0 Å². The SMILES string of the molecule is O=C1CCc2cc(NS(=O)(=O)c3ccc4ccccc4c3)cc3c2N1CCC3. The van der Waals surface area contributed by atoms with Crippen LogP contribution in [0.4, 0.5) is 11.4 Å². The molecule has 0 spiro atoms. The Morgan fingerprint density at radius 2 is 1.61 bits per heavy atom. The van der Waals surface area contributed by atoms with Crippen LogP contribution in [0.2, 0.25) is 0 Å². The Balaban J connectivity index is 1.52. The highest BCUT2D eigenvalue weighted by Gasteiger charge is 2.30. The van der Waals surface area contributed by atoms with Gasteiger partial charge in [-0.25, -0.2) is 8.42 Å². The number of carbonyl (C=O) groups excluding carboxylic acids is 1. The molecule has 5 rings (SSSR count). The Morgan fingerprint density at radius 3 is 2.43 bits per heavy atom. The first-order valence-electron chi connectivity index (χ1n) is 9.49. The molecule has 5 nitrogen and oxygen atoms in total. The van der Waals surface area contributed by atoms with E-state index in [1.807, 2.05) is 47.4 Å². The third-order valence-electron chi connectivity index (χ3n) is 5.56. The number of sulfonamides is 1. The Kier molecular flexibility index (Phi) is 3.91. The van der Waals surface area contributed by atoms with Gasteiger partial charge >= 0.3 is 0 Å². The molecule has 142 valence electrons. The number of benzene rings is 3. The molecule has 2 heterocycles. The number of nitrogens with zero attached hydrogens (tertiary/aromatic N) is 1. The molecule has 0 saturated carbocycles. The second-order valence-electron chi connectivity index (χ2n) is 7.41. The van der Waals surface area contributed by atoms with E-state index in [1.165, 1.54) is 0 Å². The van der Waals surface area contributed by atoms with Crippen LogP contribution in [0.1, 0.15) is 24.0 Å². The number of nitrogens with one attached hydrogen (secondary N) is 1. The third kappa shape index (κ3) is 2.85. The quantitative estimate of drug-likeness (QED) is 0.736. The van der Waals surface area contributed by atoms with Gasteiger partial charge in [0.05, 0.1) is 10.6 Å². The minimum atomic E-state index is -3.69. The van der Waals surface area contributed by atoms with Gasteiger partial charge < -0.3 is 4.90 Å². The van der Waals surface area contributed by atoms with Crippen LogP contribution in [-0.2, 0) is 27.7 Å². The highest BCUT2D eigenvalue weighted by atomic mass is 32.2. The summed E-state index contributed by atoms with van der Waals surface area (Å²) in [5.41, 5.74) is 3.66. The van der Waals surface area contributed by atoms with Gasteiger partial charge in [0, 0.05) is 18.7 Å². The average molecular weight is 392 g/mol. The van der Waals surface area contributed by atoms with Crippen molar-refractivity contribution in [2.45, 2.75) is 30.6 Å². The molecule has 1 N–H and O–H groups in total. The van der Waals surface area contributed by atoms with E-state index in [0.717, 1.165) is 47.0 Å². The fraction of sp³-hybridized carbons (Fsp3) is 0.227. The maximum atomic E-state index is 13.0. The van der Waals surface area contributed by atoms with E-state index in [-0.39, 0.29) is 10.8 Å². The van der Waals surface area contributed by atoms with Crippen LogP contribution in [0.15, 0.2) is 59.5 Å². The van der Waals surface area contributed by atoms with E-state index in [0.29, 0.717) is 18.5 Å². The molecule has 1 amide bonds.